The molecule has 0 radical (unpaired) electrons. The van der Waals surface area contributed by atoms with Crippen LogP contribution < -0.4 is 34.5 Å². The summed E-state index contributed by atoms with van der Waals surface area (Å²) in [5.41, 5.74) is 2.11. The molecular formula is C15H21NNaO5P. The predicted octanol–water partition coefficient (Wildman–Crippen LogP) is -0.846. The molecule has 0 saturated heterocycles. The Morgan fingerprint density at radius 2 is 1.96 bits per heavy atom. The van der Waals surface area contributed by atoms with E-state index in [1.165, 1.54) is 12.5 Å². The summed E-state index contributed by atoms with van der Waals surface area (Å²) in [6.45, 7) is 5.65. The number of carbonyl (C=O) groups is 1. The molecule has 23 heavy (non-hydrogen) atoms. The van der Waals surface area contributed by atoms with E-state index in [1.807, 2.05) is 24.3 Å². The maximum absolute atomic E-state index is 11.4. The van der Waals surface area contributed by atoms with Gasteiger partial charge in [0.2, 0.25) is 5.91 Å². The molecule has 0 heterocycles. The smallest absolute Gasteiger partial charge is 0.776 e. The van der Waals surface area contributed by atoms with Crippen LogP contribution in [-0.4, -0.2) is 22.4 Å². The summed E-state index contributed by atoms with van der Waals surface area (Å²) in [6.07, 6.45) is 1.15. The number of rotatable bonds is 7. The fourth-order valence-corrected chi connectivity index (χ4v) is 2.06. The molecule has 0 aliphatic carbocycles. The van der Waals surface area contributed by atoms with Crippen molar-refractivity contribution in [3.8, 4) is 0 Å². The van der Waals surface area contributed by atoms with E-state index in [-0.39, 0.29) is 48.6 Å². The van der Waals surface area contributed by atoms with Crippen molar-refractivity contribution >= 4 is 13.5 Å². The van der Waals surface area contributed by atoms with Crippen LogP contribution >= 0.6 is 7.60 Å². The predicted molar refractivity (Wildman–Crippen MR) is 81.7 cm³/mol. The van der Waals surface area contributed by atoms with E-state index in [2.05, 4.69) is 13.8 Å². The van der Waals surface area contributed by atoms with Crippen LogP contribution in [0.5, 0.6) is 0 Å². The van der Waals surface area contributed by atoms with Gasteiger partial charge in [-0.25, -0.2) is 5.06 Å². The standard InChI is InChI=1S/C15H22NO5P.Na/c1-12(2)15-7-5-14(6-8-15)11-21-16(13(3)17)9-4-10-22(18,19)20;/h4-8,10,12H,9,11H2,1-3H3,(H2,18,19,20);/q;+1/p-1/b10-4+;. The minimum atomic E-state index is -4.47. The first-order valence-corrected chi connectivity index (χ1v) is 8.55. The van der Waals surface area contributed by atoms with E-state index in [9.17, 15) is 14.3 Å². The van der Waals surface area contributed by atoms with Crippen LogP contribution in [0.3, 0.4) is 0 Å². The van der Waals surface area contributed by atoms with Crippen molar-refractivity contribution in [2.75, 3.05) is 6.54 Å². The van der Waals surface area contributed by atoms with E-state index in [0.717, 1.165) is 16.7 Å². The van der Waals surface area contributed by atoms with Gasteiger partial charge < -0.3 is 14.4 Å². The maximum Gasteiger partial charge on any atom is 1.00 e. The zero-order valence-corrected chi connectivity index (χ0v) is 16.8. The maximum atomic E-state index is 11.4. The summed E-state index contributed by atoms with van der Waals surface area (Å²) in [5.74, 6) is 0.723. The molecule has 1 rings (SSSR count). The third-order valence-electron chi connectivity index (χ3n) is 2.95. The average molecular weight is 349 g/mol. The number of hydroxylamine groups is 2. The van der Waals surface area contributed by atoms with Gasteiger partial charge in [0.05, 0.1) is 6.54 Å². The van der Waals surface area contributed by atoms with Gasteiger partial charge in [-0.2, -0.15) is 0 Å². The Bertz CT molecular complexity index is 568. The fourth-order valence-electron chi connectivity index (χ4n) is 1.70. The molecule has 6 nitrogen and oxygen atoms in total. The van der Waals surface area contributed by atoms with E-state index in [1.54, 1.807) is 0 Å². The van der Waals surface area contributed by atoms with Crippen LogP contribution in [0.2, 0.25) is 0 Å². The normalized spacial score (nSPS) is 13.7. The molecule has 0 aliphatic heterocycles. The topological polar surface area (TPSA) is 89.9 Å². The van der Waals surface area contributed by atoms with E-state index < -0.39 is 7.60 Å². The van der Waals surface area contributed by atoms with Crippen molar-refractivity contribution in [2.24, 2.45) is 0 Å². The zero-order chi connectivity index (χ0) is 16.8. The van der Waals surface area contributed by atoms with Gasteiger partial charge in [-0.15, -0.1) is 0 Å². The Morgan fingerprint density at radius 1 is 1.39 bits per heavy atom. The van der Waals surface area contributed by atoms with Crippen LogP contribution in [0, 0.1) is 0 Å². The average Bonchev–Trinajstić information content (AvgIpc) is 2.41. The molecule has 1 atom stereocenters. The third-order valence-corrected chi connectivity index (χ3v) is 3.54. The van der Waals surface area contributed by atoms with Crippen molar-refractivity contribution in [3.63, 3.8) is 0 Å². The molecule has 1 N–H and O–H groups in total. The summed E-state index contributed by atoms with van der Waals surface area (Å²) in [6, 6.07) is 7.84. The summed E-state index contributed by atoms with van der Waals surface area (Å²) in [7, 11) is -4.47. The Hall–Kier alpha value is -0.460. The zero-order valence-electron chi connectivity index (χ0n) is 13.9. The first kappa shape index (κ1) is 22.5. The first-order valence-electron chi connectivity index (χ1n) is 6.90. The molecular weight excluding hydrogens is 328 g/mol. The minimum absolute atomic E-state index is 0. The second-order valence-electron chi connectivity index (χ2n) is 5.20. The largest absolute Gasteiger partial charge is 1.00 e. The van der Waals surface area contributed by atoms with E-state index in [4.69, 9.17) is 9.73 Å². The summed E-state index contributed by atoms with van der Waals surface area (Å²) < 4.78 is 10.6. The van der Waals surface area contributed by atoms with Gasteiger partial charge in [-0.3, -0.25) is 9.63 Å². The van der Waals surface area contributed by atoms with Gasteiger partial charge in [0.25, 0.3) is 0 Å². The Labute approximate surface area is 158 Å². The third kappa shape index (κ3) is 9.42. The molecule has 0 aromatic heterocycles. The number of amides is 1. The van der Waals surface area contributed by atoms with Crippen molar-refractivity contribution in [3.05, 3.63) is 47.3 Å². The first-order chi connectivity index (χ1) is 10.2. The van der Waals surface area contributed by atoms with Crippen LogP contribution in [0.15, 0.2) is 36.2 Å². The molecule has 0 spiro atoms. The van der Waals surface area contributed by atoms with Crippen LogP contribution in [0.1, 0.15) is 37.8 Å². The number of nitrogens with zero attached hydrogens (tertiary/aromatic N) is 1. The van der Waals surface area contributed by atoms with Crippen molar-refractivity contribution in [1.82, 2.24) is 5.06 Å². The van der Waals surface area contributed by atoms with E-state index in [0.29, 0.717) is 11.7 Å². The molecule has 1 unspecified atom stereocenters. The van der Waals surface area contributed by atoms with Gasteiger partial charge in [0.1, 0.15) is 6.61 Å². The van der Waals surface area contributed by atoms with Gasteiger partial charge in [0, 0.05) is 6.92 Å². The molecule has 122 valence electrons. The van der Waals surface area contributed by atoms with Crippen LogP contribution in [-0.2, 0) is 20.8 Å². The number of hydrogen-bond acceptors (Lipinski definition) is 4. The Kier molecular flexibility index (Phi) is 10.2. The molecule has 0 saturated carbocycles. The van der Waals surface area contributed by atoms with Crippen molar-refractivity contribution in [2.45, 2.75) is 33.3 Å². The Balaban J connectivity index is 0.00000484. The summed E-state index contributed by atoms with van der Waals surface area (Å²) in [5, 5.41) is 1.03. The fraction of sp³-hybridized carbons (Fsp3) is 0.400. The molecule has 1 aromatic rings. The van der Waals surface area contributed by atoms with Gasteiger partial charge >= 0.3 is 29.6 Å². The van der Waals surface area contributed by atoms with E-state index >= 15 is 0 Å². The van der Waals surface area contributed by atoms with Crippen molar-refractivity contribution in [1.29, 1.82) is 0 Å². The summed E-state index contributed by atoms with van der Waals surface area (Å²) >= 11 is 0. The van der Waals surface area contributed by atoms with Gasteiger partial charge in [-0.1, -0.05) is 44.2 Å². The van der Waals surface area contributed by atoms with Crippen LogP contribution in [0.25, 0.3) is 0 Å². The summed E-state index contributed by atoms with van der Waals surface area (Å²) in [4.78, 5) is 36.0. The number of benzene rings is 1. The second-order valence-corrected chi connectivity index (χ2v) is 6.63. The molecule has 8 heteroatoms. The SMILES string of the molecule is CC(=O)N(C/C=C/P(=O)([O-])O)OCc1ccc(C(C)C)cc1.[Na+]. The van der Waals surface area contributed by atoms with Crippen molar-refractivity contribution < 1.29 is 53.5 Å². The quantitative estimate of drug-likeness (QED) is 0.394. The molecule has 0 fully saturated rings. The van der Waals surface area contributed by atoms with Gasteiger partial charge in [0.15, 0.2) is 7.60 Å². The monoisotopic (exact) mass is 349 g/mol. The number of carbonyl (C=O) groups excluding carboxylic acids is 1. The molecule has 0 aliphatic rings. The minimum Gasteiger partial charge on any atom is -0.776 e. The molecule has 1 amide bonds. The Morgan fingerprint density at radius 3 is 2.39 bits per heavy atom. The molecule has 1 aromatic carbocycles. The second kappa shape index (κ2) is 10.4. The number of hydrogen-bond donors (Lipinski definition) is 1. The van der Waals surface area contributed by atoms with Gasteiger partial charge in [-0.05, 0) is 22.9 Å². The van der Waals surface area contributed by atoms with Crippen LogP contribution in [0.4, 0.5) is 0 Å². The molecule has 0 bridgehead atoms.